The summed E-state index contributed by atoms with van der Waals surface area (Å²) in [4.78, 5) is 14.4. The number of hydrogen-bond donors (Lipinski definition) is 1. The fourth-order valence-corrected chi connectivity index (χ4v) is 3.80. The molecule has 1 fully saturated rings. The first-order chi connectivity index (χ1) is 13.2. The van der Waals surface area contributed by atoms with E-state index in [1.54, 1.807) is 0 Å². The topological polar surface area (TPSA) is 74.0 Å². The lowest BCUT2D eigenvalue weighted by Gasteiger charge is -2.23. The predicted octanol–water partition coefficient (Wildman–Crippen LogP) is 2.58. The molecular weight excluding hydrogens is 338 g/mol. The number of hydrogen-bond acceptors (Lipinski definition) is 4. The van der Waals surface area contributed by atoms with Gasteiger partial charge in [-0.15, -0.1) is 0 Å². The van der Waals surface area contributed by atoms with E-state index >= 15 is 0 Å². The minimum Gasteiger partial charge on any atom is -0.350 e. The molecule has 4 rings (SSSR count). The van der Waals surface area contributed by atoms with Crippen LogP contribution in [-0.2, 0) is 31.0 Å². The predicted molar refractivity (Wildman–Crippen MR) is 101 cm³/mol. The molecule has 1 amide bonds. The van der Waals surface area contributed by atoms with Crippen LogP contribution in [0.5, 0.6) is 0 Å². The fourth-order valence-electron chi connectivity index (χ4n) is 3.80. The van der Waals surface area contributed by atoms with Crippen molar-refractivity contribution in [3.05, 3.63) is 52.8 Å². The normalized spacial score (nSPS) is 17.4. The van der Waals surface area contributed by atoms with E-state index in [0.717, 1.165) is 56.7 Å². The summed E-state index contributed by atoms with van der Waals surface area (Å²) in [5, 5.41) is 16.8. The second-order valence-electron chi connectivity index (χ2n) is 7.57. The van der Waals surface area contributed by atoms with Gasteiger partial charge in [0.05, 0.1) is 29.6 Å². The summed E-state index contributed by atoms with van der Waals surface area (Å²) in [6.45, 7) is 4.09. The van der Waals surface area contributed by atoms with Crippen molar-refractivity contribution in [1.29, 1.82) is 5.26 Å². The van der Waals surface area contributed by atoms with E-state index in [1.807, 2.05) is 18.2 Å². The maximum atomic E-state index is 12.0. The van der Waals surface area contributed by atoms with Crippen molar-refractivity contribution in [2.24, 2.45) is 5.92 Å². The molecule has 1 aliphatic carbocycles. The van der Waals surface area contributed by atoms with Crippen LogP contribution in [0.3, 0.4) is 0 Å². The molecule has 1 aliphatic heterocycles. The average Bonchev–Trinajstić information content (AvgIpc) is 2.91. The smallest absolute Gasteiger partial charge is 0.223 e. The molecule has 6 heteroatoms. The van der Waals surface area contributed by atoms with Crippen LogP contribution in [0, 0.1) is 17.2 Å². The Hall–Kier alpha value is -2.65. The van der Waals surface area contributed by atoms with Crippen LogP contribution in [-0.4, -0.2) is 27.1 Å². The SMILES string of the molecule is N#Cc1cccc(CN2CCCn3nc(CNC(=O)C4CCC4)cc3C2)c1. The minimum absolute atomic E-state index is 0.170. The van der Waals surface area contributed by atoms with Gasteiger partial charge in [0, 0.05) is 32.1 Å². The average molecular weight is 363 g/mol. The molecule has 2 aliphatic rings. The molecule has 2 aromatic rings. The Bertz CT molecular complexity index is 862. The van der Waals surface area contributed by atoms with Crippen LogP contribution in [0.1, 0.15) is 48.2 Å². The van der Waals surface area contributed by atoms with Gasteiger partial charge in [0.1, 0.15) is 0 Å². The Morgan fingerprint density at radius 1 is 1.26 bits per heavy atom. The molecule has 1 saturated carbocycles. The van der Waals surface area contributed by atoms with Gasteiger partial charge in [0.2, 0.25) is 5.91 Å². The number of carbonyl (C=O) groups is 1. The maximum Gasteiger partial charge on any atom is 0.223 e. The third kappa shape index (κ3) is 4.20. The molecule has 2 heterocycles. The van der Waals surface area contributed by atoms with Gasteiger partial charge in [-0.2, -0.15) is 10.4 Å². The lowest BCUT2D eigenvalue weighted by Crippen LogP contribution is -2.34. The van der Waals surface area contributed by atoms with Crippen molar-refractivity contribution in [1.82, 2.24) is 20.0 Å². The zero-order valence-corrected chi connectivity index (χ0v) is 15.5. The lowest BCUT2D eigenvalue weighted by atomic mass is 9.85. The molecule has 140 valence electrons. The zero-order valence-electron chi connectivity index (χ0n) is 15.5. The number of nitriles is 1. The Labute approximate surface area is 159 Å². The Kier molecular flexibility index (Phi) is 5.21. The molecule has 0 spiro atoms. The van der Waals surface area contributed by atoms with Gasteiger partial charge in [-0.3, -0.25) is 14.4 Å². The molecular formula is C21H25N5O. The van der Waals surface area contributed by atoms with Gasteiger partial charge in [-0.1, -0.05) is 18.6 Å². The van der Waals surface area contributed by atoms with E-state index < -0.39 is 0 Å². The number of rotatable bonds is 5. The standard InChI is InChI=1S/C21H25N5O/c22-12-16-4-1-5-17(10-16)14-25-8-3-9-26-20(15-25)11-19(24-26)13-23-21(27)18-6-2-7-18/h1,4-5,10-11,18H,2-3,6-9,13-15H2,(H,23,27). The van der Waals surface area contributed by atoms with Gasteiger partial charge in [0.25, 0.3) is 0 Å². The van der Waals surface area contributed by atoms with E-state index in [2.05, 4.69) is 38.2 Å². The van der Waals surface area contributed by atoms with Crippen LogP contribution in [0.15, 0.2) is 30.3 Å². The first-order valence-electron chi connectivity index (χ1n) is 9.76. The third-order valence-electron chi connectivity index (χ3n) is 5.53. The van der Waals surface area contributed by atoms with Gasteiger partial charge < -0.3 is 5.32 Å². The number of aromatic nitrogens is 2. The molecule has 0 unspecified atom stereocenters. The van der Waals surface area contributed by atoms with Crippen LogP contribution in [0.25, 0.3) is 0 Å². The van der Waals surface area contributed by atoms with Crippen molar-refractivity contribution < 1.29 is 4.79 Å². The van der Waals surface area contributed by atoms with E-state index in [9.17, 15) is 4.79 Å². The molecule has 0 bridgehead atoms. The highest BCUT2D eigenvalue weighted by molar-refractivity contribution is 5.79. The number of benzene rings is 1. The van der Waals surface area contributed by atoms with E-state index in [4.69, 9.17) is 5.26 Å². The third-order valence-corrected chi connectivity index (χ3v) is 5.53. The number of nitrogens with zero attached hydrogens (tertiary/aromatic N) is 4. The van der Waals surface area contributed by atoms with E-state index in [0.29, 0.717) is 12.1 Å². The summed E-state index contributed by atoms with van der Waals surface area (Å²) in [6.07, 6.45) is 4.26. The molecule has 1 aromatic heterocycles. The number of aryl methyl sites for hydroxylation is 1. The fraction of sp³-hybridized carbons (Fsp3) is 0.476. The molecule has 27 heavy (non-hydrogen) atoms. The Morgan fingerprint density at radius 3 is 2.93 bits per heavy atom. The Morgan fingerprint density at radius 2 is 2.15 bits per heavy atom. The van der Waals surface area contributed by atoms with Crippen molar-refractivity contribution in [3.63, 3.8) is 0 Å². The highest BCUT2D eigenvalue weighted by Gasteiger charge is 2.25. The molecule has 1 N–H and O–H groups in total. The summed E-state index contributed by atoms with van der Waals surface area (Å²) < 4.78 is 2.08. The monoisotopic (exact) mass is 363 g/mol. The number of nitrogens with one attached hydrogen (secondary N) is 1. The van der Waals surface area contributed by atoms with Crippen LogP contribution < -0.4 is 5.32 Å². The van der Waals surface area contributed by atoms with Crippen LogP contribution >= 0.6 is 0 Å². The second-order valence-corrected chi connectivity index (χ2v) is 7.57. The number of carbonyl (C=O) groups excluding carboxylic acids is 1. The van der Waals surface area contributed by atoms with Gasteiger partial charge in [0.15, 0.2) is 0 Å². The minimum atomic E-state index is 0.170. The van der Waals surface area contributed by atoms with Crippen molar-refractivity contribution in [2.75, 3.05) is 6.54 Å². The van der Waals surface area contributed by atoms with Gasteiger partial charge >= 0.3 is 0 Å². The summed E-state index contributed by atoms with van der Waals surface area (Å²) in [5.74, 6) is 0.383. The number of fused-ring (bicyclic) bond motifs is 1. The molecule has 0 radical (unpaired) electrons. The van der Waals surface area contributed by atoms with Crippen LogP contribution in [0.2, 0.25) is 0 Å². The Balaban J connectivity index is 1.38. The summed E-state index contributed by atoms with van der Waals surface area (Å²) in [5.41, 5.74) is 4.00. The van der Waals surface area contributed by atoms with Gasteiger partial charge in [-0.25, -0.2) is 0 Å². The van der Waals surface area contributed by atoms with E-state index in [1.165, 1.54) is 12.1 Å². The highest BCUT2D eigenvalue weighted by Crippen LogP contribution is 2.26. The molecule has 0 saturated heterocycles. The lowest BCUT2D eigenvalue weighted by molar-refractivity contribution is -0.127. The molecule has 1 aromatic carbocycles. The quantitative estimate of drug-likeness (QED) is 0.886. The van der Waals surface area contributed by atoms with Crippen molar-refractivity contribution >= 4 is 5.91 Å². The molecule has 0 atom stereocenters. The second kappa shape index (κ2) is 7.93. The maximum absolute atomic E-state index is 12.0. The summed E-state index contributed by atoms with van der Waals surface area (Å²) in [7, 11) is 0. The van der Waals surface area contributed by atoms with Gasteiger partial charge in [-0.05, 0) is 43.0 Å². The first-order valence-corrected chi connectivity index (χ1v) is 9.76. The first kappa shape index (κ1) is 17.7. The number of amides is 1. The zero-order chi connectivity index (χ0) is 18.6. The van der Waals surface area contributed by atoms with Crippen LogP contribution in [0.4, 0.5) is 0 Å². The van der Waals surface area contributed by atoms with Crippen molar-refractivity contribution in [3.8, 4) is 6.07 Å². The molecule has 6 nitrogen and oxygen atoms in total. The summed E-state index contributed by atoms with van der Waals surface area (Å²) in [6, 6.07) is 12.1. The van der Waals surface area contributed by atoms with E-state index in [-0.39, 0.29) is 11.8 Å². The summed E-state index contributed by atoms with van der Waals surface area (Å²) >= 11 is 0. The van der Waals surface area contributed by atoms with Crippen molar-refractivity contribution in [2.45, 2.75) is 51.9 Å². The highest BCUT2D eigenvalue weighted by atomic mass is 16.1. The largest absolute Gasteiger partial charge is 0.350 e.